The third kappa shape index (κ3) is 3.76. The lowest BCUT2D eigenvalue weighted by molar-refractivity contribution is -0.124. The van der Waals surface area contributed by atoms with Gasteiger partial charge in [-0.2, -0.15) is 0 Å². The van der Waals surface area contributed by atoms with Crippen LogP contribution in [0.15, 0.2) is 0 Å². The number of hydrogen-bond donors (Lipinski definition) is 2. The van der Waals surface area contributed by atoms with Crippen LogP contribution >= 0.6 is 0 Å². The first-order valence-corrected chi connectivity index (χ1v) is 5.90. The maximum absolute atomic E-state index is 11.7. The normalized spacial score (nSPS) is 27.1. The van der Waals surface area contributed by atoms with E-state index in [1.165, 1.54) is 0 Å². The van der Waals surface area contributed by atoms with Crippen molar-refractivity contribution in [2.24, 2.45) is 11.1 Å². The third-order valence-corrected chi connectivity index (χ3v) is 3.31. The predicted octanol–water partition coefficient (Wildman–Crippen LogP) is 1.04. The molecule has 0 aromatic carbocycles. The minimum Gasteiger partial charge on any atom is -0.381 e. The summed E-state index contributed by atoms with van der Waals surface area (Å²) in [6, 6.07) is 0.190. The number of carbonyl (C=O) groups is 1. The zero-order valence-electron chi connectivity index (χ0n) is 10.7. The van der Waals surface area contributed by atoms with Crippen LogP contribution in [0.3, 0.4) is 0 Å². The summed E-state index contributed by atoms with van der Waals surface area (Å²) >= 11 is 0. The van der Waals surface area contributed by atoms with Crippen LogP contribution in [0.1, 0.15) is 40.0 Å². The van der Waals surface area contributed by atoms with Gasteiger partial charge in [0, 0.05) is 25.6 Å². The largest absolute Gasteiger partial charge is 0.381 e. The molecule has 1 rings (SSSR count). The van der Waals surface area contributed by atoms with Gasteiger partial charge < -0.3 is 15.8 Å². The summed E-state index contributed by atoms with van der Waals surface area (Å²) in [5, 5.41) is 2.98. The van der Waals surface area contributed by atoms with Gasteiger partial charge in [-0.15, -0.1) is 0 Å². The molecule has 1 atom stereocenters. The Labute approximate surface area is 97.9 Å². The van der Waals surface area contributed by atoms with Gasteiger partial charge in [0.2, 0.25) is 5.91 Å². The first-order valence-electron chi connectivity index (χ1n) is 5.90. The van der Waals surface area contributed by atoms with Crippen molar-refractivity contribution < 1.29 is 9.53 Å². The Kier molecular flexibility index (Phi) is 4.33. The lowest BCUT2D eigenvalue weighted by atomic mass is 9.84. The Morgan fingerprint density at radius 3 is 2.50 bits per heavy atom. The summed E-state index contributed by atoms with van der Waals surface area (Å²) in [4.78, 5) is 11.7. The molecule has 1 unspecified atom stereocenters. The van der Waals surface area contributed by atoms with Crippen LogP contribution < -0.4 is 11.1 Å². The van der Waals surface area contributed by atoms with Gasteiger partial charge in [-0.05, 0) is 18.3 Å². The summed E-state index contributed by atoms with van der Waals surface area (Å²) in [7, 11) is 1.71. The van der Waals surface area contributed by atoms with Crippen LogP contribution in [-0.2, 0) is 9.53 Å². The van der Waals surface area contributed by atoms with Crippen molar-refractivity contribution >= 4 is 5.91 Å². The molecule has 1 aliphatic rings. The van der Waals surface area contributed by atoms with Gasteiger partial charge in [-0.3, -0.25) is 4.79 Å². The van der Waals surface area contributed by atoms with Gasteiger partial charge >= 0.3 is 0 Å². The zero-order chi connectivity index (χ0) is 12.3. The minimum atomic E-state index is -0.0919. The molecule has 94 valence electrons. The first kappa shape index (κ1) is 13.5. The molecule has 0 bridgehead atoms. The number of methoxy groups -OCH3 is 1. The van der Waals surface area contributed by atoms with Crippen molar-refractivity contribution in [1.29, 1.82) is 0 Å². The second-order valence-corrected chi connectivity index (χ2v) is 5.77. The number of rotatable bonds is 4. The predicted molar refractivity (Wildman–Crippen MR) is 64.0 cm³/mol. The maximum Gasteiger partial charge on any atom is 0.221 e. The molecule has 3 N–H and O–H groups in total. The topological polar surface area (TPSA) is 64.3 Å². The van der Waals surface area contributed by atoms with Gasteiger partial charge in [0.15, 0.2) is 0 Å². The molecule has 1 fully saturated rings. The fourth-order valence-corrected chi connectivity index (χ4v) is 1.67. The second-order valence-electron chi connectivity index (χ2n) is 5.77. The summed E-state index contributed by atoms with van der Waals surface area (Å²) in [5.74, 6) is 0.0574. The van der Waals surface area contributed by atoms with Gasteiger partial charge in [-0.1, -0.05) is 20.8 Å². The molecule has 0 heterocycles. The average Bonchev–Trinajstić information content (AvgIpc) is 2.08. The molecule has 1 amide bonds. The number of ether oxygens (including phenoxy) is 1. The fourth-order valence-electron chi connectivity index (χ4n) is 1.67. The Morgan fingerprint density at radius 2 is 2.06 bits per heavy atom. The first-order chi connectivity index (χ1) is 7.32. The number of amides is 1. The van der Waals surface area contributed by atoms with Crippen molar-refractivity contribution in [3.8, 4) is 0 Å². The summed E-state index contributed by atoms with van der Waals surface area (Å²) < 4.78 is 5.16. The van der Waals surface area contributed by atoms with E-state index >= 15 is 0 Å². The number of carbonyl (C=O) groups excluding carboxylic acids is 1. The van der Waals surface area contributed by atoms with Crippen LogP contribution in [0.4, 0.5) is 0 Å². The molecule has 1 saturated carbocycles. The van der Waals surface area contributed by atoms with E-state index in [0.717, 1.165) is 12.8 Å². The SMILES string of the molecule is COC1CC(NC(=O)CC(N)C(C)(C)C)C1. The molecule has 4 nitrogen and oxygen atoms in total. The molecule has 0 spiro atoms. The van der Waals surface area contributed by atoms with Crippen molar-refractivity contribution in [2.75, 3.05) is 7.11 Å². The van der Waals surface area contributed by atoms with Gasteiger partial charge in [0.1, 0.15) is 0 Å². The van der Waals surface area contributed by atoms with Gasteiger partial charge in [-0.25, -0.2) is 0 Å². The standard InChI is InChI=1S/C12H24N2O2/c1-12(2,3)10(13)7-11(15)14-8-5-9(6-8)16-4/h8-10H,5-7,13H2,1-4H3,(H,14,15). The molecule has 1 aliphatic carbocycles. The third-order valence-electron chi connectivity index (χ3n) is 3.31. The zero-order valence-corrected chi connectivity index (χ0v) is 10.7. The van der Waals surface area contributed by atoms with Gasteiger partial charge in [0.05, 0.1) is 6.10 Å². The minimum absolute atomic E-state index is 0.0218. The molecule has 0 saturated heterocycles. The summed E-state index contributed by atoms with van der Waals surface area (Å²) in [6.07, 6.45) is 2.57. The van der Waals surface area contributed by atoms with Crippen LogP contribution in [0.25, 0.3) is 0 Å². The van der Waals surface area contributed by atoms with E-state index in [-0.39, 0.29) is 23.4 Å². The van der Waals surface area contributed by atoms with E-state index in [4.69, 9.17) is 10.5 Å². The van der Waals surface area contributed by atoms with E-state index in [9.17, 15) is 4.79 Å². The Bertz CT molecular complexity index is 242. The molecule has 0 aromatic rings. The van der Waals surface area contributed by atoms with E-state index in [0.29, 0.717) is 12.5 Å². The monoisotopic (exact) mass is 228 g/mol. The summed E-state index contributed by atoms with van der Waals surface area (Å²) in [5.41, 5.74) is 5.93. The van der Waals surface area contributed by atoms with Crippen LogP contribution in [0.5, 0.6) is 0 Å². The highest BCUT2D eigenvalue weighted by Gasteiger charge is 2.31. The van der Waals surface area contributed by atoms with E-state index in [1.54, 1.807) is 7.11 Å². The molecule has 0 aliphatic heterocycles. The highest BCUT2D eigenvalue weighted by Crippen LogP contribution is 2.23. The molecule has 0 aromatic heterocycles. The van der Waals surface area contributed by atoms with Crippen molar-refractivity contribution in [1.82, 2.24) is 5.32 Å². The van der Waals surface area contributed by atoms with Crippen molar-refractivity contribution in [3.05, 3.63) is 0 Å². The van der Waals surface area contributed by atoms with Crippen LogP contribution in [0.2, 0.25) is 0 Å². The number of nitrogens with two attached hydrogens (primary N) is 1. The van der Waals surface area contributed by atoms with Gasteiger partial charge in [0.25, 0.3) is 0 Å². The number of nitrogens with one attached hydrogen (secondary N) is 1. The quantitative estimate of drug-likeness (QED) is 0.755. The molecule has 16 heavy (non-hydrogen) atoms. The number of hydrogen-bond acceptors (Lipinski definition) is 3. The Morgan fingerprint density at radius 1 is 1.50 bits per heavy atom. The Hall–Kier alpha value is -0.610. The molecular formula is C12H24N2O2. The maximum atomic E-state index is 11.7. The lowest BCUT2D eigenvalue weighted by Gasteiger charge is -2.35. The smallest absolute Gasteiger partial charge is 0.221 e. The molecule has 0 radical (unpaired) electrons. The average molecular weight is 228 g/mol. The van der Waals surface area contributed by atoms with E-state index < -0.39 is 0 Å². The van der Waals surface area contributed by atoms with E-state index in [2.05, 4.69) is 26.1 Å². The lowest BCUT2D eigenvalue weighted by Crippen LogP contribution is -2.49. The second kappa shape index (κ2) is 5.15. The summed E-state index contributed by atoms with van der Waals surface area (Å²) in [6.45, 7) is 6.15. The van der Waals surface area contributed by atoms with Crippen LogP contribution in [-0.4, -0.2) is 31.2 Å². The molecule has 4 heteroatoms. The highest BCUT2D eigenvalue weighted by molar-refractivity contribution is 5.77. The molecular weight excluding hydrogens is 204 g/mol. The highest BCUT2D eigenvalue weighted by atomic mass is 16.5. The van der Waals surface area contributed by atoms with E-state index in [1.807, 2.05) is 0 Å². The fraction of sp³-hybridized carbons (Fsp3) is 0.917. The Balaban J connectivity index is 2.22. The van der Waals surface area contributed by atoms with Crippen molar-refractivity contribution in [3.63, 3.8) is 0 Å². The van der Waals surface area contributed by atoms with Crippen molar-refractivity contribution in [2.45, 2.75) is 58.2 Å². The van der Waals surface area contributed by atoms with Crippen LogP contribution in [0, 0.1) is 5.41 Å².